The number of nitrogens with one attached hydrogen (secondary N) is 2. The number of aromatic nitrogens is 3. The minimum absolute atomic E-state index is 0.0685. The number of benzene rings is 2. The molecule has 1 atom stereocenters. The van der Waals surface area contributed by atoms with Crippen LogP contribution in [-0.4, -0.2) is 45.0 Å². The quantitative estimate of drug-likeness (QED) is 0.405. The van der Waals surface area contributed by atoms with Gasteiger partial charge in [-0.25, -0.2) is 0 Å². The van der Waals surface area contributed by atoms with E-state index in [1.165, 1.54) is 12.1 Å². The normalized spacial score (nSPS) is 12.4. The summed E-state index contributed by atoms with van der Waals surface area (Å²) in [6.07, 6.45) is -5.35. The topological polar surface area (TPSA) is 92.2 Å². The van der Waals surface area contributed by atoms with Crippen LogP contribution in [0.3, 0.4) is 0 Å². The molecule has 1 heterocycles. The minimum atomic E-state index is -4.43. The Morgan fingerprint density at radius 1 is 1.27 bits per heavy atom. The molecule has 1 unspecified atom stereocenters. The second-order valence-corrected chi connectivity index (χ2v) is 7.80. The molecule has 0 fully saturated rings. The number of aliphatic hydroxyl groups excluding tert-OH is 1. The molecular formula is C22H23F3N4O3S. The van der Waals surface area contributed by atoms with Crippen LogP contribution in [-0.2, 0) is 17.5 Å². The molecule has 1 amide bonds. The molecule has 11 heteroatoms. The highest BCUT2D eigenvalue weighted by Crippen LogP contribution is 2.30. The van der Waals surface area contributed by atoms with Crippen molar-refractivity contribution in [2.45, 2.75) is 32.2 Å². The van der Waals surface area contributed by atoms with Gasteiger partial charge < -0.3 is 15.2 Å². The van der Waals surface area contributed by atoms with Crippen molar-refractivity contribution in [3.8, 4) is 17.1 Å². The van der Waals surface area contributed by atoms with Crippen LogP contribution in [0.4, 0.5) is 13.2 Å². The molecule has 2 aromatic carbocycles. The van der Waals surface area contributed by atoms with E-state index in [1.807, 2.05) is 31.2 Å². The lowest BCUT2D eigenvalue weighted by molar-refractivity contribution is -0.137. The number of aliphatic hydroxyl groups is 1. The van der Waals surface area contributed by atoms with Crippen LogP contribution in [0.25, 0.3) is 11.4 Å². The molecule has 176 valence electrons. The number of nitrogens with zero attached hydrogens (tertiary/aromatic N) is 2. The van der Waals surface area contributed by atoms with Crippen molar-refractivity contribution in [2.24, 2.45) is 0 Å². The van der Waals surface area contributed by atoms with Crippen molar-refractivity contribution in [3.63, 3.8) is 0 Å². The van der Waals surface area contributed by atoms with Crippen LogP contribution in [0.2, 0.25) is 0 Å². The van der Waals surface area contributed by atoms with E-state index in [0.717, 1.165) is 23.3 Å². The number of halogens is 3. The number of hydrogen-bond donors (Lipinski definition) is 3. The fraction of sp³-hybridized carbons (Fsp3) is 0.318. The van der Waals surface area contributed by atoms with Gasteiger partial charge in [-0.3, -0.25) is 14.5 Å². The lowest BCUT2D eigenvalue weighted by Crippen LogP contribution is -2.35. The standard InChI is InChI=1S/C22H23F3N4O3S/c1-14-3-2-4-15(11-14)20-27-28-21(33)29(20)10-9-19(31)26-12-17(30)13-32-18-7-5-16(6-8-18)22(23,24)25/h2-8,11,17,30H,9-10,12-13H2,1H3,(H,26,31)(H,28,33). The number of carbonyl (C=O) groups is 1. The van der Waals surface area contributed by atoms with Gasteiger partial charge in [-0.2, -0.15) is 18.3 Å². The summed E-state index contributed by atoms with van der Waals surface area (Å²) in [6.45, 7) is 2.01. The number of alkyl halides is 3. The fourth-order valence-electron chi connectivity index (χ4n) is 3.05. The molecule has 3 rings (SSSR count). The molecule has 7 nitrogen and oxygen atoms in total. The monoisotopic (exact) mass is 480 g/mol. The van der Waals surface area contributed by atoms with Gasteiger partial charge in [0, 0.05) is 25.1 Å². The van der Waals surface area contributed by atoms with Crippen LogP contribution in [0, 0.1) is 11.7 Å². The largest absolute Gasteiger partial charge is 0.491 e. The third kappa shape index (κ3) is 6.90. The average molecular weight is 481 g/mol. The van der Waals surface area contributed by atoms with Crippen LogP contribution < -0.4 is 10.1 Å². The van der Waals surface area contributed by atoms with Crippen molar-refractivity contribution >= 4 is 18.1 Å². The van der Waals surface area contributed by atoms with Gasteiger partial charge in [-0.05, 0) is 49.5 Å². The van der Waals surface area contributed by atoms with Crippen LogP contribution in [0.5, 0.6) is 5.75 Å². The molecule has 0 aliphatic heterocycles. The smallest absolute Gasteiger partial charge is 0.416 e. The van der Waals surface area contributed by atoms with E-state index in [0.29, 0.717) is 17.1 Å². The summed E-state index contributed by atoms with van der Waals surface area (Å²) in [5, 5.41) is 19.6. The van der Waals surface area contributed by atoms with Gasteiger partial charge in [0.1, 0.15) is 18.5 Å². The highest BCUT2D eigenvalue weighted by Gasteiger charge is 2.30. The van der Waals surface area contributed by atoms with Gasteiger partial charge in [-0.15, -0.1) is 0 Å². The minimum Gasteiger partial charge on any atom is -0.491 e. The van der Waals surface area contributed by atoms with Crippen LogP contribution >= 0.6 is 12.2 Å². The van der Waals surface area contributed by atoms with Crippen molar-refractivity contribution in [1.29, 1.82) is 0 Å². The van der Waals surface area contributed by atoms with Crippen LogP contribution in [0.15, 0.2) is 48.5 Å². The Bertz CT molecular complexity index is 1140. The number of H-pyrrole nitrogens is 1. The van der Waals surface area contributed by atoms with E-state index in [-0.39, 0.29) is 31.2 Å². The van der Waals surface area contributed by atoms with Gasteiger partial charge in [0.2, 0.25) is 5.91 Å². The Labute approximate surface area is 193 Å². The third-order valence-corrected chi connectivity index (χ3v) is 5.07. The van der Waals surface area contributed by atoms with E-state index < -0.39 is 17.8 Å². The van der Waals surface area contributed by atoms with Crippen molar-refractivity contribution in [3.05, 3.63) is 64.4 Å². The number of hydrogen-bond acceptors (Lipinski definition) is 5. The Morgan fingerprint density at radius 3 is 2.67 bits per heavy atom. The van der Waals surface area contributed by atoms with E-state index in [1.54, 1.807) is 4.57 Å². The SMILES string of the molecule is Cc1cccc(-c2n[nH]c(=S)n2CCC(=O)NCC(O)COc2ccc(C(F)(F)F)cc2)c1. The Morgan fingerprint density at radius 2 is 2.00 bits per heavy atom. The van der Waals surface area contributed by atoms with Gasteiger partial charge in [0.25, 0.3) is 0 Å². The molecule has 0 radical (unpaired) electrons. The first-order valence-corrected chi connectivity index (χ1v) is 10.5. The number of aromatic amines is 1. The first kappa shape index (κ1) is 24.5. The zero-order valence-corrected chi connectivity index (χ0v) is 18.5. The van der Waals surface area contributed by atoms with Gasteiger partial charge in [-0.1, -0.05) is 23.8 Å². The Kier molecular flexibility index (Phi) is 7.88. The fourth-order valence-corrected chi connectivity index (χ4v) is 3.28. The van der Waals surface area contributed by atoms with E-state index in [4.69, 9.17) is 17.0 Å². The molecule has 0 saturated carbocycles. The molecular weight excluding hydrogens is 457 g/mol. The zero-order chi connectivity index (χ0) is 24.0. The first-order chi connectivity index (χ1) is 15.6. The molecule has 0 saturated heterocycles. The summed E-state index contributed by atoms with van der Waals surface area (Å²) in [4.78, 5) is 12.2. The summed E-state index contributed by atoms with van der Waals surface area (Å²) in [5.41, 5.74) is 1.16. The maximum atomic E-state index is 12.6. The Balaban J connectivity index is 1.45. The molecule has 3 aromatic rings. The molecule has 3 N–H and O–H groups in total. The molecule has 0 spiro atoms. The highest BCUT2D eigenvalue weighted by atomic mass is 32.1. The number of ether oxygens (including phenoxy) is 1. The number of rotatable bonds is 9. The summed E-state index contributed by atoms with van der Waals surface area (Å²) < 4.78 is 45.1. The average Bonchev–Trinajstić information content (AvgIpc) is 3.14. The second kappa shape index (κ2) is 10.6. The second-order valence-electron chi connectivity index (χ2n) is 7.41. The summed E-state index contributed by atoms with van der Waals surface area (Å²) in [7, 11) is 0. The van der Waals surface area contributed by atoms with Gasteiger partial charge in [0.15, 0.2) is 10.6 Å². The predicted molar refractivity (Wildman–Crippen MR) is 118 cm³/mol. The summed E-state index contributed by atoms with van der Waals surface area (Å²) in [5.74, 6) is 0.509. The summed E-state index contributed by atoms with van der Waals surface area (Å²) >= 11 is 5.27. The number of aryl methyl sites for hydroxylation is 1. The maximum absolute atomic E-state index is 12.6. The molecule has 33 heavy (non-hydrogen) atoms. The van der Waals surface area contributed by atoms with E-state index in [9.17, 15) is 23.1 Å². The van der Waals surface area contributed by atoms with E-state index in [2.05, 4.69) is 15.5 Å². The summed E-state index contributed by atoms with van der Waals surface area (Å²) in [6, 6.07) is 11.9. The van der Waals surface area contributed by atoms with Crippen molar-refractivity contribution < 1.29 is 27.8 Å². The number of amides is 1. The number of carbonyl (C=O) groups excluding carboxylic acids is 1. The molecule has 0 aliphatic carbocycles. The van der Waals surface area contributed by atoms with Crippen molar-refractivity contribution in [2.75, 3.05) is 13.2 Å². The maximum Gasteiger partial charge on any atom is 0.416 e. The predicted octanol–water partition coefficient (Wildman–Crippen LogP) is 3.88. The van der Waals surface area contributed by atoms with Gasteiger partial charge in [0.05, 0.1) is 5.56 Å². The Hall–Kier alpha value is -3.18. The zero-order valence-electron chi connectivity index (χ0n) is 17.7. The third-order valence-electron chi connectivity index (χ3n) is 4.76. The molecule has 0 aliphatic rings. The van der Waals surface area contributed by atoms with Crippen molar-refractivity contribution in [1.82, 2.24) is 20.1 Å². The molecule has 1 aromatic heterocycles. The molecule has 0 bridgehead atoms. The first-order valence-electron chi connectivity index (χ1n) is 10.1. The van der Waals surface area contributed by atoms with E-state index >= 15 is 0 Å². The van der Waals surface area contributed by atoms with Gasteiger partial charge >= 0.3 is 6.18 Å². The van der Waals surface area contributed by atoms with Crippen LogP contribution in [0.1, 0.15) is 17.5 Å². The lowest BCUT2D eigenvalue weighted by Gasteiger charge is -2.14. The lowest BCUT2D eigenvalue weighted by atomic mass is 10.1. The highest BCUT2D eigenvalue weighted by molar-refractivity contribution is 7.71.